The fourth-order valence-electron chi connectivity index (χ4n) is 2.24. The van der Waals surface area contributed by atoms with Crippen molar-refractivity contribution in [2.75, 3.05) is 7.05 Å². The van der Waals surface area contributed by atoms with Gasteiger partial charge in [-0.05, 0) is 30.5 Å². The molecular weight excluding hydrogens is 216 g/mol. The normalized spacial score (nSPS) is 17.0. The Morgan fingerprint density at radius 1 is 1.47 bits per heavy atom. The number of H-pyrrole nitrogens is 1. The van der Waals surface area contributed by atoms with Crippen LogP contribution >= 0.6 is 0 Å². The smallest absolute Gasteiger partial charge is 0.244 e. The van der Waals surface area contributed by atoms with Crippen molar-refractivity contribution in [3.05, 3.63) is 30.1 Å². The molecular formula is C12H14N4O. The molecule has 2 aromatic rings. The number of amides is 1. The highest BCUT2D eigenvalue weighted by atomic mass is 16.2. The highest BCUT2D eigenvalue weighted by Gasteiger charge is 2.51. The molecule has 0 saturated heterocycles. The summed E-state index contributed by atoms with van der Waals surface area (Å²) in [7, 11) is 1.70. The number of benzene rings is 1. The minimum Gasteiger partial charge on any atom is -0.345 e. The van der Waals surface area contributed by atoms with Gasteiger partial charge in [0.1, 0.15) is 0 Å². The summed E-state index contributed by atoms with van der Waals surface area (Å²) in [5.41, 5.74) is 7.99. The predicted molar refractivity (Wildman–Crippen MR) is 64.2 cm³/mol. The SMILES string of the molecule is CNNC(=O)C1(c2ccc3nc[nH]c3c2)CC1. The van der Waals surface area contributed by atoms with Crippen molar-refractivity contribution in [3.63, 3.8) is 0 Å². The molecule has 0 bridgehead atoms. The van der Waals surface area contributed by atoms with Crippen LogP contribution < -0.4 is 10.9 Å². The molecule has 3 N–H and O–H groups in total. The van der Waals surface area contributed by atoms with E-state index in [2.05, 4.69) is 20.8 Å². The number of carbonyl (C=O) groups is 1. The van der Waals surface area contributed by atoms with Gasteiger partial charge in [-0.2, -0.15) is 0 Å². The monoisotopic (exact) mass is 230 g/mol. The minimum atomic E-state index is -0.345. The van der Waals surface area contributed by atoms with Gasteiger partial charge in [0.25, 0.3) is 0 Å². The van der Waals surface area contributed by atoms with Crippen molar-refractivity contribution in [3.8, 4) is 0 Å². The summed E-state index contributed by atoms with van der Waals surface area (Å²) in [6.07, 6.45) is 3.47. The van der Waals surface area contributed by atoms with E-state index in [0.29, 0.717) is 0 Å². The Hall–Kier alpha value is -1.88. The topological polar surface area (TPSA) is 69.8 Å². The zero-order valence-corrected chi connectivity index (χ0v) is 9.58. The lowest BCUT2D eigenvalue weighted by Gasteiger charge is -2.15. The molecule has 0 spiro atoms. The Balaban J connectivity index is 2.00. The lowest BCUT2D eigenvalue weighted by atomic mass is 9.95. The van der Waals surface area contributed by atoms with Crippen LogP contribution in [0.15, 0.2) is 24.5 Å². The average Bonchev–Trinajstić information content (AvgIpc) is 3.02. The minimum absolute atomic E-state index is 0.0406. The summed E-state index contributed by atoms with van der Waals surface area (Å²) in [4.78, 5) is 19.2. The number of imidazole rings is 1. The van der Waals surface area contributed by atoms with Gasteiger partial charge in [-0.1, -0.05) is 6.07 Å². The molecule has 17 heavy (non-hydrogen) atoms. The molecule has 1 aliphatic rings. The van der Waals surface area contributed by atoms with Crippen LogP contribution in [0.5, 0.6) is 0 Å². The van der Waals surface area contributed by atoms with E-state index in [1.54, 1.807) is 13.4 Å². The number of aromatic nitrogens is 2. The molecule has 1 fully saturated rings. The van der Waals surface area contributed by atoms with Gasteiger partial charge in [-0.15, -0.1) is 0 Å². The summed E-state index contributed by atoms with van der Waals surface area (Å²) in [6.45, 7) is 0. The Labute approximate surface area is 98.6 Å². The number of aromatic amines is 1. The third-order valence-corrected chi connectivity index (χ3v) is 3.40. The van der Waals surface area contributed by atoms with E-state index in [1.807, 2.05) is 18.2 Å². The fraction of sp³-hybridized carbons (Fsp3) is 0.333. The van der Waals surface area contributed by atoms with Crippen LogP contribution in [0.1, 0.15) is 18.4 Å². The second-order valence-corrected chi connectivity index (χ2v) is 4.42. The fourth-order valence-corrected chi connectivity index (χ4v) is 2.24. The Morgan fingerprint density at radius 3 is 3.00 bits per heavy atom. The zero-order chi connectivity index (χ0) is 11.9. The molecule has 1 heterocycles. The second kappa shape index (κ2) is 3.56. The summed E-state index contributed by atoms with van der Waals surface area (Å²) in [6, 6.07) is 5.96. The van der Waals surface area contributed by atoms with Crippen LogP contribution in [-0.4, -0.2) is 22.9 Å². The molecule has 3 rings (SSSR count). The van der Waals surface area contributed by atoms with Crippen LogP contribution in [0.4, 0.5) is 0 Å². The largest absolute Gasteiger partial charge is 0.345 e. The lowest BCUT2D eigenvalue weighted by Crippen LogP contribution is -2.41. The third kappa shape index (κ3) is 1.51. The maximum Gasteiger partial charge on any atom is 0.244 e. The van der Waals surface area contributed by atoms with Gasteiger partial charge in [0.15, 0.2) is 0 Å². The molecule has 0 radical (unpaired) electrons. The summed E-state index contributed by atoms with van der Waals surface area (Å²) in [5, 5.41) is 0. The standard InChI is InChI=1S/C12H14N4O/c1-13-16-11(17)12(4-5-12)8-2-3-9-10(6-8)15-7-14-9/h2-3,6-7,13H,4-5H2,1H3,(H,14,15)(H,16,17). The van der Waals surface area contributed by atoms with E-state index < -0.39 is 0 Å². The molecule has 88 valence electrons. The first kappa shape index (κ1) is 10.3. The molecule has 1 aromatic heterocycles. The molecule has 5 heteroatoms. The zero-order valence-electron chi connectivity index (χ0n) is 9.58. The summed E-state index contributed by atoms with van der Waals surface area (Å²) in [5.74, 6) is 0.0406. The molecule has 0 unspecified atom stereocenters. The number of hydrogen-bond acceptors (Lipinski definition) is 3. The second-order valence-electron chi connectivity index (χ2n) is 4.42. The predicted octanol–water partition coefficient (Wildman–Crippen LogP) is 0.845. The van der Waals surface area contributed by atoms with Crippen LogP contribution in [0, 0.1) is 0 Å². The summed E-state index contributed by atoms with van der Waals surface area (Å²) < 4.78 is 0. The molecule has 1 amide bonds. The Morgan fingerprint density at radius 2 is 2.29 bits per heavy atom. The van der Waals surface area contributed by atoms with E-state index >= 15 is 0 Å². The van der Waals surface area contributed by atoms with Crippen LogP contribution in [0.25, 0.3) is 11.0 Å². The van der Waals surface area contributed by atoms with Crippen molar-refractivity contribution in [2.45, 2.75) is 18.3 Å². The Bertz CT molecular complexity index is 571. The van der Waals surface area contributed by atoms with E-state index in [9.17, 15) is 4.79 Å². The van der Waals surface area contributed by atoms with Crippen molar-refractivity contribution in [1.82, 2.24) is 20.8 Å². The highest BCUT2D eigenvalue weighted by Crippen LogP contribution is 2.48. The average molecular weight is 230 g/mol. The molecule has 1 aliphatic carbocycles. The molecule has 0 aliphatic heterocycles. The van der Waals surface area contributed by atoms with Crippen molar-refractivity contribution in [2.24, 2.45) is 0 Å². The number of carbonyl (C=O) groups excluding carboxylic acids is 1. The van der Waals surface area contributed by atoms with Crippen LogP contribution in [0.3, 0.4) is 0 Å². The maximum absolute atomic E-state index is 12.0. The van der Waals surface area contributed by atoms with Crippen LogP contribution in [0.2, 0.25) is 0 Å². The van der Waals surface area contributed by atoms with Gasteiger partial charge in [0, 0.05) is 7.05 Å². The summed E-state index contributed by atoms with van der Waals surface area (Å²) >= 11 is 0. The molecule has 1 aromatic carbocycles. The van der Waals surface area contributed by atoms with Crippen molar-refractivity contribution in [1.29, 1.82) is 0 Å². The van der Waals surface area contributed by atoms with E-state index in [-0.39, 0.29) is 11.3 Å². The van der Waals surface area contributed by atoms with E-state index in [4.69, 9.17) is 0 Å². The highest BCUT2D eigenvalue weighted by molar-refractivity contribution is 5.92. The number of fused-ring (bicyclic) bond motifs is 1. The van der Waals surface area contributed by atoms with Gasteiger partial charge in [0.2, 0.25) is 5.91 Å². The van der Waals surface area contributed by atoms with Crippen molar-refractivity contribution >= 4 is 16.9 Å². The quantitative estimate of drug-likeness (QED) is 0.684. The molecule has 0 atom stereocenters. The first-order valence-electron chi connectivity index (χ1n) is 5.67. The number of hydrazine groups is 1. The van der Waals surface area contributed by atoms with E-state index in [0.717, 1.165) is 29.4 Å². The number of nitrogens with zero attached hydrogens (tertiary/aromatic N) is 1. The number of rotatable bonds is 3. The first-order valence-corrected chi connectivity index (χ1v) is 5.67. The maximum atomic E-state index is 12.0. The van der Waals surface area contributed by atoms with Gasteiger partial charge in [-0.25, -0.2) is 10.4 Å². The van der Waals surface area contributed by atoms with Gasteiger partial charge < -0.3 is 4.98 Å². The lowest BCUT2D eigenvalue weighted by molar-refractivity contribution is -0.124. The first-order chi connectivity index (χ1) is 8.26. The van der Waals surface area contributed by atoms with Gasteiger partial charge in [0.05, 0.1) is 22.8 Å². The van der Waals surface area contributed by atoms with Crippen LogP contribution in [-0.2, 0) is 10.2 Å². The van der Waals surface area contributed by atoms with E-state index in [1.165, 1.54) is 0 Å². The molecule has 1 saturated carbocycles. The van der Waals surface area contributed by atoms with Crippen molar-refractivity contribution < 1.29 is 4.79 Å². The Kier molecular flexibility index (Phi) is 2.16. The molecule has 5 nitrogen and oxygen atoms in total. The number of nitrogens with one attached hydrogen (secondary N) is 3. The number of hydrogen-bond donors (Lipinski definition) is 3. The van der Waals surface area contributed by atoms with Gasteiger partial charge >= 0.3 is 0 Å². The third-order valence-electron chi connectivity index (χ3n) is 3.40. The van der Waals surface area contributed by atoms with Gasteiger partial charge in [-0.3, -0.25) is 10.2 Å².